The van der Waals surface area contributed by atoms with E-state index in [1.54, 1.807) is 31.2 Å². The lowest BCUT2D eigenvalue weighted by Gasteiger charge is -2.10. The molecule has 0 aliphatic carbocycles. The number of halogens is 1. The maximum absolute atomic E-state index is 11.8. The van der Waals surface area contributed by atoms with Crippen LogP contribution < -0.4 is 0 Å². The number of esters is 1. The van der Waals surface area contributed by atoms with E-state index in [0.717, 1.165) is 10.0 Å². The SMILES string of the molecule is CCOC(=O)c1ccc(-c2cc(O)c(C#N)c(-c3ccc(Br)cc3)n2)cc1. The maximum atomic E-state index is 11.8. The summed E-state index contributed by atoms with van der Waals surface area (Å²) in [5.41, 5.74) is 2.88. The third-order valence-corrected chi connectivity index (χ3v) is 4.45. The normalized spacial score (nSPS) is 10.3. The van der Waals surface area contributed by atoms with Crippen molar-refractivity contribution in [2.75, 3.05) is 6.61 Å². The zero-order valence-corrected chi connectivity index (χ0v) is 16.0. The number of benzene rings is 2. The Morgan fingerprint density at radius 3 is 2.37 bits per heavy atom. The smallest absolute Gasteiger partial charge is 0.338 e. The topological polar surface area (TPSA) is 83.2 Å². The number of aromatic nitrogens is 1. The third kappa shape index (κ3) is 3.99. The molecule has 3 aromatic rings. The molecule has 6 heteroatoms. The van der Waals surface area contributed by atoms with Crippen molar-refractivity contribution in [2.45, 2.75) is 6.92 Å². The van der Waals surface area contributed by atoms with Crippen LogP contribution in [0.1, 0.15) is 22.8 Å². The fraction of sp³-hybridized carbons (Fsp3) is 0.0952. The molecule has 0 spiro atoms. The maximum Gasteiger partial charge on any atom is 0.338 e. The molecule has 0 radical (unpaired) electrons. The molecule has 0 saturated heterocycles. The molecule has 0 aliphatic heterocycles. The Balaban J connectivity index is 2.05. The highest BCUT2D eigenvalue weighted by Crippen LogP contribution is 2.33. The van der Waals surface area contributed by atoms with E-state index in [4.69, 9.17) is 4.74 Å². The summed E-state index contributed by atoms with van der Waals surface area (Å²) >= 11 is 3.38. The van der Waals surface area contributed by atoms with Crippen molar-refractivity contribution < 1.29 is 14.6 Å². The van der Waals surface area contributed by atoms with Gasteiger partial charge in [0, 0.05) is 21.7 Å². The lowest BCUT2D eigenvalue weighted by atomic mass is 10.0. The average Bonchev–Trinajstić information content (AvgIpc) is 2.68. The van der Waals surface area contributed by atoms with Crippen molar-refractivity contribution in [1.29, 1.82) is 5.26 Å². The van der Waals surface area contributed by atoms with Crippen molar-refractivity contribution >= 4 is 21.9 Å². The molecule has 3 rings (SSSR count). The molecular weight excluding hydrogens is 408 g/mol. The van der Waals surface area contributed by atoms with E-state index in [1.165, 1.54) is 6.07 Å². The van der Waals surface area contributed by atoms with Gasteiger partial charge in [-0.2, -0.15) is 5.26 Å². The number of hydrogen-bond acceptors (Lipinski definition) is 5. The summed E-state index contributed by atoms with van der Waals surface area (Å²) in [7, 11) is 0. The van der Waals surface area contributed by atoms with Gasteiger partial charge in [-0.25, -0.2) is 9.78 Å². The highest BCUT2D eigenvalue weighted by Gasteiger charge is 2.15. The van der Waals surface area contributed by atoms with E-state index in [0.29, 0.717) is 29.1 Å². The third-order valence-electron chi connectivity index (χ3n) is 3.92. The van der Waals surface area contributed by atoms with E-state index < -0.39 is 5.97 Å². The van der Waals surface area contributed by atoms with Gasteiger partial charge in [0.25, 0.3) is 0 Å². The fourth-order valence-electron chi connectivity index (χ4n) is 2.60. The summed E-state index contributed by atoms with van der Waals surface area (Å²) in [5, 5.41) is 19.7. The van der Waals surface area contributed by atoms with Gasteiger partial charge in [-0.05, 0) is 31.2 Å². The second-order valence-corrected chi connectivity index (χ2v) is 6.58. The molecule has 0 amide bonds. The molecule has 27 heavy (non-hydrogen) atoms. The second-order valence-electron chi connectivity index (χ2n) is 5.67. The number of aromatic hydroxyl groups is 1. The first-order valence-electron chi connectivity index (χ1n) is 8.21. The molecule has 2 aromatic carbocycles. The minimum absolute atomic E-state index is 0.115. The van der Waals surface area contributed by atoms with E-state index >= 15 is 0 Å². The van der Waals surface area contributed by atoms with Crippen LogP contribution in [0.2, 0.25) is 0 Å². The van der Waals surface area contributed by atoms with Crippen molar-refractivity contribution in [2.24, 2.45) is 0 Å². The number of rotatable bonds is 4. The van der Waals surface area contributed by atoms with Crippen LogP contribution in [-0.2, 0) is 4.74 Å². The molecule has 0 saturated carbocycles. The molecule has 0 fully saturated rings. The van der Waals surface area contributed by atoms with Gasteiger partial charge in [-0.15, -0.1) is 0 Å². The lowest BCUT2D eigenvalue weighted by Crippen LogP contribution is -2.04. The molecule has 1 aromatic heterocycles. The number of pyridine rings is 1. The van der Waals surface area contributed by atoms with Crippen LogP contribution in [0, 0.1) is 11.3 Å². The van der Waals surface area contributed by atoms with Crippen molar-refractivity contribution in [3.8, 4) is 34.3 Å². The van der Waals surface area contributed by atoms with Gasteiger partial charge >= 0.3 is 5.97 Å². The zero-order valence-electron chi connectivity index (χ0n) is 14.4. The van der Waals surface area contributed by atoms with Crippen LogP contribution in [0.5, 0.6) is 5.75 Å². The first kappa shape index (κ1) is 18.6. The predicted molar refractivity (Wildman–Crippen MR) is 105 cm³/mol. The summed E-state index contributed by atoms with van der Waals surface area (Å²) < 4.78 is 5.88. The van der Waals surface area contributed by atoms with Crippen LogP contribution in [0.4, 0.5) is 0 Å². The predicted octanol–water partition coefficient (Wildman–Crippen LogP) is 4.93. The number of nitrogens with zero attached hydrogens (tertiary/aromatic N) is 2. The Kier molecular flexibility index (Phi) is 5.53. The van der Waals surface area contributed by atoms with E-state index in [-0.39, 0.29) is 11.3 Å². The van der Waals surface area contributed by atoms with Crippen LogP contribution in [0.25, 0.3) is 22.5 Å². The van der Waals surface area contributed by atoms with Crippen LogP contribution >= 0.6 is 15.9 Å². The first-order chi connectivity index (χ1) is 13.0. The van der Waals surface area contributed by atoms with Gasteiger partial charge in [-0.1, -0.05) is 40.2 Å². The molecule has 0 atom stereocenters. The van der Waals surface area contributed by atoms with Gasteiger partial charge in [0.1, 0.15) is 17.4 Å². The number of carbonyl (C=O) groups is 1. The van der Waals surface area contributed by atoms with Crippen LogP contribution in [-0.4, -0.2) is 22.7 Å². The Labute approximate surface area is 165 Å². The molecular formula is C21H15BrN2O3. The number of ether oxygens (including phenoxy) is 1. The van der Waals surface area contributed by atoms with Gasteiger partial charge in [0.2, 0.25) is 0 Å². The quantitative estimate of drug-likeness (QED) is 0.602. The summed E-state index contributed by atoms with van der Waals surface area (Å²) in [6, 6.07) is 17.5. The van der Waals surface area contributed by atoms with Crippen molar-refractivity contribution in [1.82, 2.24) is 4.98 Å². The monoisotopic (exact) mass is 422 g/mol. The summed E-state index contributed by atoms with van der Waals surface area (Å²) in [5.74, 6) is -0.537. The summed E-state index contributed by atoms with van der Waals surface area (Å²) in [4.78, 5) is 16.4. The standard InChI is InChI=1S/C21H15BrN2O3/c1-2-27-21(26)15-5-3-13(4-6-15)18-11-19(25)17(12-23)20(24-18)14-7-9-16(22)10-8-14/h3-11H,2H2,1H3,(H,24,25). The zero-order chi connectivity index (χ0) is 19.4. The van der Waals surface area contributed by atoms with E-state index in [1.807, 2.05) is 30.3 Å². The van der Waals surface area contributed by atoms with Crippen molar-refractivity contribution in [3.05, 3.63) is 70.2 Å². The first-order valence-corrected chi connectivity index (χ1v) is 9.00. The van der Waals surface area contributed by atoms with Gasteiger partial charge in [-0.3, -0.25) is 0 Å². The minimum atomic E-state index is -0.393. The van der Waals surface area contributed by atoms with Crippen LogP contribution in [0.3, 0.4) is 0 Å². The van der Waals surface area contributed by atoms with E-state index in [9.17, 15) is 15.2 Å². The Bertz CT molecular complexity index is 1020. The fourth-order valence-corrected chi connectivity index (χ4v) is 2.86. The number of hydrogen-bond donors (Lipinski definition) is 1. The Hall–Kier alpha value is -3.17. The van der Waals surface area contributed by atoms with Crippen LogP contribution in [0.15, 0.2) is 59.1 Å². The van der Waals surface area contributed by atoms with E-state index in [2.05, 4.69) is 20.9 Å². The largest absolute Gasteiger partial charge is 0.506 e. The van der Waals surface area contributed by atoms with Gasteiger partial charge in [0.15, 0.2) is 0 Å². The Morgan fingerprint density at radius 2 is 1.78 bits per heavy atom. The molecule has 0 aliphatic rings. The molecule has 0 unspecified atom stereocenters. The van der Waals surface area contributed by atoms with Gasteiger partial charge in [0.05, 0.1) is 23.6 Å². The number of nitriles is 1. The Morgan fingerprint density at radius 1 is 1.15 bits per heavy atom. The number of carbonyl (C=O) groups excluding carboxylic acids is 1. The minimum Gasteiger partial charge on any atom is -0.506 e. The summed E-state index contributed by atoms with van der Waals surface area (Å²) in [6.07, 6.45) is 0. The molecule has 134 valence electrons. The molecule has 1 heterocycles. The lowest BCUT2D eigenvalue weighted by molar-refractivity contribution is 0.0526. The van der Waals surface area contributed by atoms with Crippen molar-refractivity contribution in [3.63, 3.8) is 0 Å². The highest BCUT2D eigenvalue weighted by molar-refractivity contribution is 9.10. The molecule has 1 N–H and O–H groups in total. The average molecular weight is 423 g/mol. The highest BCUT2D eigenvalue weighted by atomic mass is 79.9. The summed E-state index contributed by atoms with van der Waals surface area (Å²) in [6.45, 7) is 2.06. The molecule has 5 nitrogen and oxygen atoms in total. The second kappa shape index (κ2) is 8.02. The van der Waals surface area contributed by atoms with Gasteiger partial charge < -0.3 is 9.84 Å². The molecule has 0 bridgehead atoms.